The van der Waals surface area contributed by atoms with Crippen molar-refractivity contribution in [1.29, 1.82) is 0 Å². The average molecular weight is 361 g/mol. The highest BCUT2D eigenvalue weighted by Crippen LogP contribution is 2.20. The third-order valence-electron chi connectivity index (χ3n) is 3.72. The number of nitrogens with zero attached hydrogens (tertiary/aromatic N) is 1. The number of hydrogen-bond donors (Lipinski definition) is 1. The topological polar surface area (TPSA) is 49.4 Å². The van der Waals surface area contributed by atoms with Gasteiger partial charge in [-0.1, -0.05) is 15.9 Å². The number of rotatable bonds is 4. The van der Waals surface area contributed by atoms with Crippen LogP contribution < -0.4 is 4.72 Å². The summed E-state index contributed by atoms with van der Waals surface area (Å²) in [5.41, 5.74) is 0.922. The van der Waals surface area contributed by atoms with Gasteiger partial charge in [0.1, 0.15) is 0 Å². The van der Waals surface area contributed by atoms with Crippen LogP contribution in [-0.2, 0) is 10.0 Å². The van der Waals surface area contributed by atoms with Gasteiger partial charge < -0.3 is 4.90 Å². The van der Waals surface area contributed by atoms with Crippen LogP contribution in [0, 0.1) is 12.8 Å². The summed E-state index contributed by atoms with van der Waals surface area (Å²) in [5.74, 6) is 0.403. The highest BCUT2D eigenvalue weighted by molar-refractivity contribution is 9.10. The zero-order valence-corrected chi connectivity index (χ0v) is 14.3. The Labute approximate surface area is 129 Å². The third kappa shape index (κ3) is 4.04. The first-order chi connectivity index (χ1) is 9.38. The number of nitrogens with one attached hydrogen (secondary N) is 1. The molecule has 112 valence electrons. The van der Waals surface area contributed by atoms with Gasteiger partial charge in [-0.2, -0.15) is 0 Å². The zero-order chi connectivity index (χ0) is 14.8. The molecule has 0 spiro atoms. The van der Waals surface area contributed by atoms with Crippen LogP contribution in [0.5, 0.6) is 0 Å². The van der Waals surface area contributed by atoms with Crippen molar-refractivity contribution >= 4 is 26.0 Å². The molecule has 0 aliphatic carbocycles. The van der Waals surface area contributed by atoms with Gasteiger partial charge in [0.05, 0.1) is 4.90 Å². The van der Waals surface area contributed by atoms with Crippen molar-refractivity contribution in [2.24, 2.45) is 5.92 Å². The summed E-state index contributed by atoms with van der Waals surface area (Å²) in [6.45, 7) is 4.47. The molecule has 1 aliphatic rings. The van der Waals surface area contributed by atoms with E-state index in [9.17, 15) is 8.42 Å². The van der Waals surface area contributed by atoms with Crippen molar-refractivity contribution in [2.45, 2.75) is 24.7 Å². The fourth-order valence-electron chi connectivity index (χ4n) is 2.54. The largest absolute Gasteiger partial charge is 0.306 e. The maximum Gasteiger partial charge on any atom is 0.240 e. The summed E-state index contributed by atoms with van der Waals surface area (Å²) in [6.07, 6.45) is 2.23. The summed E-state index contributed by atoms with van der Waals surface area (Å²) in [6, 6.07) is 5.10. The van der Waals surface area contributed by atoms with Crippen LogP contribution in [-0.4, -0.2) is 40.0 Å². The summed E-state index contributed by atoms with van der Waals surface area (Å²) in [4.78, 5) is 2.59. The number of aryl methyl sites for hydroxylation is 1. The lowest BCUT2D eigenvalue weighted by Gasteiger charge is -2.29. The van der Waals surface area contributed by atoms with Gasteiger partial charge in [-0.25, -0.2) is 13.1 Å². The SMILES string of the molecule is Cc1cc(S(=O)(=O)NCC2CCCN(C)C2)ccc1Br. The molecule has 1 fully saturated rings. The lowest BCUT2D eigenvalue weighted by atomic mass is 9.99. The molecule has 1 aromatic rings. The van der Waals surface area contributed by atoms with Crippen LogP contribution in [0.15, 0.2) is 27.6 Å². The Bertz CT molecular complexity index is 575. The molecule has 1 atom stereocenters. The maximum atomic E-state index is 12.3. The number of piperidine rings is 1. The molecule has 1 N–H and O–H groups in total. The number of sulfonamides is 1. The molecule has 1 aliphatic heterocycles. The first-order valence-corrected chi connectivity index (χ1v) is 9.10. The van der Waals surface area contributed by atoms with Gasteiger partial charge in [0.2, 0.25) is 10.0 Å². The van der Waals surface area contributed by atoms with Crippen LogP contribution in [0.25, 0.3) is 0 Å². The number of likely N-dealkylation sites (tertiary alicyclic amines) is 1. The van der Waals surface area contributed by atoms with Crippen molar-refractivity contribution in [3.8, 4) is 0 Å². The Hall–Kier alpha value is -0.430. The van der Waals surface area contributed by atoms with Gasteiger partial charge in [-0.05, 0) is 63.0 Å². The van der Waals surface area contributed by atoms with E-state index >= 15 is 0 Å². The molecule has 20 heavy (non-hydrogen) atoms. The molecule has 2 rings (SSSR count). The fraction of sp³-hybridized carbons (Fsp3) is 0.571. The Morgan fingerprint density at radius 1 is 1.45 bits per heavy atom. The van der Waals surface area contributed by atoms with Gasteiger partial charge in [0.25, 0.3) is 0 Å². The van der Waals surface area contributed by atoms with E-state index in [1.807, 2.05) is 6.92 Å². The van der Waals surface area contributed by atoms with Crippen molar-refractivity contribution in [3.05, 3.63) is 28.2 Å². The van der Waals surface area contributed by atoms with Gasteiger partial charge in [0, 0.05) is 17.6 Å². The number of halogens is 1. The van der Waals surface area contributed by atoms with Crippen LogP contribution in [0.2, 0.25) is 0 Å². The summed E-state index contributed by atoms with van der Waals surface area (Å²) < 4.78 is 28.2. The predicted molar refractivity (Wildman–Crippen MR) is 84.3 cm³/mol. The molecule has 0 aromatic heterocycles. The van der Waals surface area contributed by atoms with E-state index in [1.54, 1.807) is 18.2 Å². The van der Waals surface area contributed by atoms with E-state index in [1.165, 1.54) is 0 Å². The molecule has 0 bridgehead atoms. The monoisotopic (exact) mass is 360 g/mol. The van der Waals surface area contributed by atoms with Gasteiger partial charge in [-0.15, -0.1) is 0 Å². The molecule has 6 heteroatoms. The summed E-state index contributed by atoms with van der Waals surface area (Å²) in [5, 5.41) is 0. The molecule has 1 heterocycles. The Morgan fingerprint density at radius 3 is 2.85 bits per heavy atom. The Morgan fingerprint density at radius 2 is 2.20 bits per heavy atom. The van der Waals surface area contributed by atoms with Crippen LogP contribution in [0.1, 0.15) is 18.4 Å². The molecule has 4 nitrogen and oxygen atoms in total. The Balaban J connectivity index is 2.01. The van der Waals surface area contributed by atoms with E-state index in [4.69, 9.17) is 0 Å². The molecule has 0 amide bonds. The standard InChI is InChI=1S/C14H21BrN2O2S/c1-11-8-13(5-6-14(11)15)20(18,19)16-9-12-4-3-7-17(2)10-12/h5-6,8,12,16H,3-4,7,9-10H2,1-2H3. The minimum atomic E-state index is -3.41. The highest BCUT2D eigenvalue weighted by atomic mass is 79.9. The number of hydrogen-bond acceptors (Lipinski definition) is 3. The van der Waals surface area contributed by atoms with Gasteiger partial charge in [-0.3, -0.25) is 0 Å². The normalized spacial score (nSPS) is 21.1. The average Bonchev–Trinajstić information content (AvgIpc) is 2.40. The molecular formula is C14H21BrN2O2S. The fourth-order valence-corrected chi connectivity index (χ4v) is 3.98. The van der Waals surface area contributed by atoms with Crippen molar-refractivity contribution in [3.63, 3.8) is 0 Å². The van der Waals surface area contributed by atoms with Gasteiger partial charge >= 0.3 is 0 Å². The molecule has 0 radical (unpaired) electrons. The Kier molecular flexibility index (Phi) is 5.23. The second-order valence-electron chi connectivity index (χ2n) is 5.53. The van der Waals surface area contributed by atoms with Crippen molar-refractivity contribution in [1.82, 2.24) is 9.62 Å². The lowest BCUT2D eigenvalue weighted by molar-refractivity contribution is 0.211. The van der Waals surface area contributed by atoms with Gasteiger partial charge in [0.15, 0.2) is 0 Å². The van der Waals surface area contributed by atoms with Crippen molar-refractivity contribution in [2.75, 3.05) is 26.7 Å². The van der Waals surface area contributed by atoms with E-state index in [2.05, 4.69) is 32.6 Å². The maximum absolute atomic E-state index is 12.3. The summed E-state index contributed by atoms with van der Waals surface area (Å²) in [7, 11) is -1.32. The van der Waals surface area contributed by atoms with Crippen LogP contribution >= 0.6 is 15.9 Å². The minimum Gasteiger partial charge on any atom is -0.306 e. The van der Waals surface area contributed by atoms with E-state index < -0.39 is 10.0 Å². The van der Waals surface area contributed by atoms with Crippen LogP contribution in [0.3, 0.4) is 0 Å². The molecule has 1 saturated heterocycles. The second kappa shape index (κ2) is 6.56. The smallest absolute Gasteiger partial charge is 0.240 e. The molecular weight excluding hydrogens is 340 g/mol. The first kappa shape index (κ1) is 15.9. The molecule has 1 aromatic carbocycles. The van der Waals surface area contributed by atoms with E-state index in [0.29, 0.717) is 17.4 Å². The van der Waals surface area contributed by atoms with Crippen LogP contribution in [0.4, 0.5) is 0 Å². The first-order valence-electron chi connectivity index (χ1n) is 6.83. The predicted octanol–water partition coefficient (Wildman–Crippen LogP) is 2.38. The number of benzene rings is 1. The third-order valence-corrected chi connectivity index (χ3v) is 6.03. The summed E-state index contributed by atoms with van der Waals surface area (Å²) >= 11 is 3.38. The molecule has 1 unspecified atom stereocenters. The zero-order valence-electron chi connectivity index (χ0n) is 11.9. The van der Waals surface area contributed by atoms with E-state index in [-0.39, 0.29) is 0 Å². The minimum absolute atomic E-state index is 0.336. The quantitative estimate of drug-likeness (QED) is 0.896. The van der Waals surface area contributed by atoms with E-state index in [0.717, 1.165) is 36.0 Å². The highest BCUT2D eigenvalue weighted by Gasteiger charge is 2.21. The lowest BCUT2D eigenvalue weighted by Crippen LogP contribution is -2.39. The molecule has 0 saturated carbocycles. The second-order valence-corrected chi connectivity index (χ2v) is 8.15. The van der Waals surface area contributed by atoms with Crippen molar-refractivity contribution < 1.29 is 8.42 Å².